The molecule has 1 aliphatic heterocycles. The highest BCUT2D eigenvalue weighted by Crippen LogP contribution is 2.25. The van der Waals surface area contributed by atoms with Crippen molar-refractivity contribution in [2.75, 3.05) is 33.4 Å². The number of methoxy groups -OCH3 is 1. The molecule has 0 bridgehead atoms. The zero-order valence-electron chi connectivity index (χ0n) is 18.3. The number of piperidine rings is 1. The normalized spacial score (nSPS) is 15.1. The van der Waals surface area contributed by atoms with E-state index in [1.54, 1.807) is 7.11 Å². The molecule has 0 aliphatic carbocycles. The first kappa shape index (κ1) is 24.7. The number of ether oxygens (including phenoxy) is 2. The van der Waals surface area contributed by atoms with Crippen LogP contribution < -0.4 is 10.1 Å². The van der Waals surface area contributed by atoms with Crippen LogP contribution in [0.15, 0.2) is 53.4 Å². The van der Waals surface area contributed by atoms with Crippen LogP contribution in [0.2, 0.25) is 0 Å². The second-order valence-electron chi connectivity index (χ2n) is 7.66. The van der Waals surface area contributed by atoms with Crippen molar-refractivity contribution in [3.63, 3.8) is 0 Å². The first-order valence-corrected chi connectivity index (χ1v) is 12.1. The van der Waals surface area contributed by atoms with Crippen molar-refractivity contribution in [2.24, 2.45) is 5.92 Å². The van der Waals surface area contributed by atoms with Gasteiger partial charge in [-0.2, -0.15) is 4.31 Å². The van der Waals surface area contributed by atoms with Crippen molar-refractivity contribution in [2.45, 2.75) is 24.2 Å². The van der Waals surface area contributed by atoms with E-state index >= 15 is 0 Å². The Balaban J connectivity index is 1.39. The molecule has 178 valence electrons. The average molecular weight is 479 g/mol. The molecule has 10 heteroatoms. The van der Waals surface area contributed by atoms with Crippen LogP contribution in [0.3, 0.4) is 0 Å². The number of carbonyl (C=O) groups is 2. The molecule has 0 atom stereocenters. The lowest BCUT2D eigenvalue weighted by Crippen LogP contribution is -2.41. The van der Waals surface area contributed by atoms with Gasteiger partial charge in [-0.3, -0.25) is 9.59 Å². The van der Waals surface area contributed by atoms with Gasteiger partial charge in [0.1, 0.15) is 16.5 Å². The number of benzene rings is 2. The smallest absolute Gasteiger partial charge is 0.309 e. The van der Waals surface area contributed by atoms with Gasteiger partial charge in [-0.05, 0) is 49.1 Å². The minimum Gasteiger partial charge on any atom is -0.497 e. The molecule has 1 N–H and O–H groups in total. The van der Waals surface area contributed by atoms with Gasteiger partial charge in [-0.1, -0.05) is 24.3 Å². The number of sulfonamides is 1. The molecule has 1 heterocycles. The van der Waals surface area contributed by atoms with Gasteiger partial charge < -0.3 is 14.8 Å². The number of halogens is 1. The number of nitrogens with zero attached hydrogens (tertiary/aromatic N) is 1. The first-order valence-electron chi connectivity index (χ1n) is 10.6. The van der Waals surface area contributed by atoms with Gasteiger partial charge in [0.05, 0.1) is 13.0 Å². The largest absolute Gasteiger partial charge is 0.497 e. The molecule has 1 saturated heterocycles. The van der Waals surface area contributed by atoms with Crippen LogP contribution in [0.1, 0.15) is 18.4 Å². The Morgan fingerprint density at radius 2 is 1.76 bits per heavy atom. The lowest BCUT2D eigenvalue weighted by Gasteiger charge is -2.30. The van der Waals surface area contributed by atoms with Crippen LogP contribution in [0.25, 0.3) is 0 Å². The maximum atomic E-state index is 13.9. The number of hydrogen-bond acceptors (Lipinski definition) is 6. The summed E-state index contributed by atoms with van der Waals surface area (Å²) in [4.78, 5) is 23.9. The molecule has 1 amide bonds. The number of hydrogen-bond donors (Lipinski definition) is 1. The van der Waals surface area contributed by atoms with E-state index in [2.05, 4.69) is 5.32 Å². The minimum absolute atomic E-state index is 0.0739. The highest BCUT2D eigenvalue weighted by Gasteiger charge is 2.34. The molecule has 0 spiro atoms. The molecule has 0 radical (unpaired) electrons. The van der Waals surface area contributed by atoms with Gasteiger partial charge >= 0.3 is 5.97 Å². The Hall–Kier alpha value is -2.98. The van der Waals surface area contributed by atoms with Crippen LogP contribution in [0, 0.1) is 11.7 Å². The molecule has 2 aromatic carbocycles. The van der Waals surface area contributed by atoms with Gasteiger partial charge in [0.15, 0.2) is 6.61 Å². The fourth-order valence-corrected chi connectivity index (χ4v) is 5.10. The lowest BCUT2D eigenvalue weighted by molar-refractivity contribution is -0.153. The van der Waals surface area contributed by atoms with Crippen molar-refractivity contribution in [3.8, 4) is 5.75 Å². The van der Waals surface area contributed by atoms with E-state index in [0.29, 0.717) is 13.0 Å². The maximum Gasteiger partial charge on any atom is 0.309 e. The van der Waals surface area contributed by atoms with E-state index in [9.17, 15) is 22.4 Å². The molecule has 1 fully saturated rings. The zero-order chi connectivity index (χ0) is 23.8. The molecule has 0 saturated carbocycles. The summed E-state index contributed by atoms with van der Waals surface area (Å²) < 4.78 is 50.6. The summed E-state index contributed by atoms with van der Waals surface area (Å²) in [5.41, 5.74) is 1.03. The van der Waals surface area contributed by atoms with Crippen molar-refractivity contribution in [1.82, 2.24) is 9.62 Å². The highest BCUT2D eigenvalue weighted by molar-refractivity contribution is 7.89. The van der Waals surface area contributed by atoms with E-state index < -0.39 is 40.2 Å². The molecule has 2 aromatic rings. The zero-order valence-corrected chi connectivity index (χ0v) is 19.1. The molecule has 8 nitrogen and oxygen atoms in total. The number of amides is 1. The Bertz CT molecular complexity index is 1070. The molecule has 1 aliphatic rings. The Morgan fingerprint density at radius 3 is 2.39 bits per heavy atom. The topological polar surface area (TPSA) is 102 Å². The second-order valence-corrected chi connectivity index (χ2v) is 9.57. The summed E-state index contributed by atoms with van der Waals surface area (Å²) in [6.07, 6.45) is 1.11. The van der Waals surface area contributed by atoms with Crippen molar-refractivity contribution in [3.05, 3.63) is 59.9 Å². The van der Waals surface area contributed by atoms with E-state index in [-0.39, 0.29) is 30.8 Å². The van der Waals surface area contributed by atoms with Gasteiger partial charge in [0.2, 0.25) is 10.0 Å². The SMILES string of the molecule is COc1ccc(CCNC(=O)COC(=O)C2CCN(S(=O)(=O)c3ccccc3F)CC2)cc1. The van der Waals surface area contributed by atoms with Gasteiger partial charge in [-0.25, -0.2) is 12.8 Å². The summed E-state index contributed by atoms with van der Waals surface area (Å²) in [5.74, 6) is -1.51. The average Bonchev–Trinajstić information content (AvgIpc) is 2.83. The van der Waals surface area contributed by atoms with Crippen LogP contribution in [-0.4, -0.2) is 58.0 Å². The lowest BCUT2D eigenvalue weighted by atomic mass is 9.98. The van der Waals surface area contributed by atoms with E-state index in [0.717, 1.165) is 17.4 Å². The monoisotopic (exact) mass is 478 g/mol. The van der Waals surface area contributed by atoms with Crippen molar-refractivity contribution in [1.29, 1.82) is 0 Å². The van der Waals surface area contributed by atoms with E-state index in [1.165, 1.54) is 22.5 Å². The summed E-state index contributed by atoms with van der Waals surface area (Å²) >= 11 is 0. The predicted molar refractivity (Wildman–Crippen MR) is 119 cm³/mol. The van der Waals surface area contributed by atoms with Crippen molar-refractivity contribution >= 4 is 21.9 Å². The first-order chi connectivity index (χ1) is 15.8. The van der Waals surface area contributed by atoms with Gasteiger partial charge in [-0.15, -0.1) is 0 Å². The van der Waals surface area contributed by atoms with E-state index in [1.807, 2.05) is 24.3 Å². The van der Waals surface area contributed by atoms with Crippen LogP contribution in [0.5, 0.6) is 5.75 Å². The Kier molecular flexibility index (Phi) is 8.40. The number of rotatable bonds is 9. The standard InChI is InChI=1S/C23H27FN2O6S/c1-31-19-8-6-17(7-9-19)10-13-25-22(27)16-32-23(28)18-11-14-26(15-12-18)33(29,30)21-5-3-2-4-20(21)24/h2-9,18H,10-16H2,1H3,(H,25,27). The summed E-state index contributed by atoms with van der Waals surface area (Å²) in [7, 11) is -2.38. The number of esters is 1. The summed E-state index contributed by atoms with van der Waals surface area (Å²) in [6, 6.07) is 12.7. The minimum atomic E-state index is -3.97. The third kappa shape index (κ3) is 6.52. The maximum absolute atomic E-state index is 13.9. The van der Waals surface area contributed by atoms with Crippen LogP contribution in [0.4, 0.5) is 4.39 Å². The molecular weight excluding hydrogens is 451 g/mol. The molecule has 33 heavy (non-hydrogen) atoms. The van der Waals surface area contributed by atoms with Crippen molar-refractivity contribution < 1.29 is 31.9 Å². The second kappa shape index (κ2) is 11.2. The van der Waals surface area contributed by atoms with Gasteiger partial charge in [0, 0.05) is 19.6 Å². The number of carbonyl (C=O) groups excluding carboxylic acids is 2. The third-order valence-corrected chi connectivity index (χ3v) is 7.41. The van der Waals surface area contributed by atoms with Crippen LogP contribution in [-0.2, 0) is 30.8 Å². The predicted octanol–water partition coefficient (Wildman–Crippen LogP) is 2.14. The summed E-state index contributed by atoms with van der Waals surface area (Å²) in [5, 5.41) is 2.70. The number of nitrogens with one attached hydrogen (secondary N) is 1. The quantitative estimate of drug-likeness (QED) is 0.554. The molecule has 0 aromatic heterocycles. The highest BCUT2D eigenvalue weighted by atomic mass is 32.2. The fraction of sp³-hybridized carbons (Fsp3) is 0.391. The molecule has 3 rings (SSSR count). The Morgan fingerprint density at radius 1 is 1.09 bits per heavy atom. The third-order valence-electron chi connectivity index (χ3n) is 5.48. The fourth-order valence-electron chi connectivity index (χ4n) is 3.57. The van der Waals surface area contributed by atoms with Crippen LogP contribution >= 0.6 is 0 Å². The molecular formula is C23H27FN2O6S. The van der Waals surface area contributed by atoms with E-state index in [4.69, 9.17) is 9.47 Å². The Labute approximate surface area is 192 Å². The molecule has 0 unspecified atom stereocenters. The van der Waals surface area contributed by atoms with Gasteiger partial charge in [0.25, 0.3) is 5.91 Å². The summed E-state index contributed by atoms with van der Waals surface area (Å²) in [6.45, 7) is 0.152.